The first-order valence-corrected chi connectivity index (χ1v) is 7.34. The summed E-state index contributed by atoms with van der Waals surface area (Å²) >= 11 is 0. The molecule has 0 unspecified atom stereocenters. The summed E-state index contributed by atoms with van der Waals surface area (Å²) in [6.45, 7) is 0.863. The highest BCUT2D eigenvalue weighted by molar-refractivity contribution is 5.94. The molecule has 2 N–H and O–H groups in total. The Labute approximate surface area is 114 Å². The summed E-state index contributed by atoms with van der Waals surface area (Å²) in [5, 5.41) is 6.18. The lowest BCUT2D eigenvalue weighted by atomic mass is 9.98. The molecule has 0 aliphatic heterocycles. The van der Waals surface area contributed by atoms with E-state index in [4.69, 9.17) is 0 Å². The molecule has 1 aromatic carbocycles. The van der Waals surface area contributed by atoms with Gasteiger partial charge in [0, 0.05) is 24.8 Å². The van der Waals surface area contributed by atoms with Gasteiger partial charge in [0.1, 0.15) is 0 Å². The van der Waals surface area contributed by atoms with E-state index in [1.165, 1.54) is 25.7 Å². The molecular formula is C16H22N2O. The molecule has 0 spiro atoms. The van der Waals surface area contributed by atoms with Crippen LogP contribution in [0.4, 0.5) is 5.69 Å². The second-order valence-corrected chi connectivity index (χ2v) is 5.88. The van der Waals surface area contributed by atoms with Gasteiger partial charge in [-0.15, -0.1) is 0 Å². The summed E-state index contributed by atoms with van der Waals surface area (Å²) in [4.78, 5) is 12.1. The fourth-order valence-electron chi connectivity index (χ4n) is 2.87. The van der Waals surface area contributed by atoms with Gasteiger partial charge in [0.2, 0.25) is 0 Å². The van der Waals surface area contributed by atoms with Crippen molar-refractivity contribution in [1.82, 2.24) is 5.32 Å². The zero-order valence-corrected chi connectivity index (χ0v) is 11.5. The summed E-state index contributed by atoms with van der Waals surface area (Å²) in [6.07, 6.45) is 5.48. The van der Waals surface area contributed by atoms with Gasteiger partial charge in [0.25, 0.3) is 5.91 Å². The molecule has 19 heavy (non-hydrogen) atoms. The maximum Gasteiger partial charge on any atom is 0.251 e. The number of anilines is 1. The van der Waals surface area contributed by atoms with Crippen molar-refractivity contribution in [2.24, 2.45) is 17.8 Å². The first-order chi connectivity index (χ1) is 9.28. The van der Waals surface area contributed by atoms with Gasteiger partial charge in [-0.3, -0.25) is 4.79 Å². The van der Waals surface area contributed by atoms with Crippen molar-refractivity contribution >= 4 is 11.6 Å². The predicted octanol–water partition coefficient (Wildman–Crippen LogP) is 2.89. The van der Waals surface area contributed by atoms with E-state index in [1.54, 1.807) is 0 Å². The second kappa shape index (κ2) is 5.24. The van der Waals surface area contributed by atoms with E-state index in [-0.39, 0.29) is 5.91 Å². The minimum absolute atomic E-state index is 0.0638. The number of benzene rings is 1. The summed E-state index contributed by atoms with van der Waals surface area (Å²) in [6, 6.07) is 7.64. The van der Waals surface area contributed by atoms with Gasteiger partial charge in [0.05, 0.1) is 0 Å². The lowest BCUT2D eigenvalue weighted by Gasteiger charge is -2.16. The fraction of sp³-hybridized carbons (Fsp3) is 0.562. The Kier molecular flexibility index (Phi) is 3.45. The van der Waals surface area contributed by atoms with Crippen molar-refractivity contribution in [3.8, 4) is 0 Å². The van der Waals surface area contributed by atoms with Crippen molar-refractivity contribution in [2.45, 2.75) is 25.7 Å². The van der Waals surface area contributed by atoms with Crippen molar-refractivity contribution in [3.63, 3.8) is 0 Å². The summed E-state index contributed by atoms with van der Waals surface area (Å²) < 4.78 is 0. The van der Waals surface area contributed by atoms with E-state index in [2.05, 4.69) is 10.6 Å². The number of rotatable bonds is 6. The van der Waals surface area contributed by atoms with Crippen LogP contribution < -0.4 is 10.6 Å². The SMILES string of the molecule is CNc1ccc(C(=O)NCC(C2CC2)C2CC2)cc1. The van der Waals surface area contributed by atoms with Crippen LogP contribution in [0.15, 0.2) is 24.3 Å². The molecule has 1 aromatic rings. The molecule has 3 heteroatoms. The fourth-order valence-corrected chi connectivity index (χ4v) is 2.87. The highest BCUT2D eigenvalue weighted by Crippen LogP contribution is 2.48. The number of nitrogens with one attached hydrogen (secondary N) is 2. The van der Waals surface area contributed by atoms with Crippen molar-refractivity contribution in [2.75, 3.05) is 18.9 Å². The molecule has 0 atom stereocenters. The zero-order chi connectivity index (χ0) is 13.2. The Morgan fingerprint density at radius 2 is 1.74 bits per heavy atom. The van der Waals surface area contributed by atoms with Gasteiger partial charge >= 0.3 is 0 Å². The van der Waals surface area contributed by atoms with E-state index in [1.807, 2.05) is 31.3 Å². The summed E-state index contributed by atoms with van der Waals surface area (Å²) in [5.74, 6) is 2.58. The largest absolute Gasteiger partial charge is 0.388 e. The number of carbonyl (C=O) groups excluding carboxylic acids is 1. The molecule has 0 radical (unpaired) electrons. The third-order valence-corrected chi connectivity index (χ3v) is 4.39. The third-order valence-electron chi connectivity index (χ3n) is 4.39. The van der Waals surface area contributed by atoms with E-state index >= 15 is 0 Å². The van der Waals surface area contributed by atoms with Crippen molar-refractivity contribution < 1.29 is 4.79 Å². The van der Waals surface area contributed by atoms with Crippen LogP contribution >= 0.6 is 0 Å². The lowest BCUT2D eigenvalue weighted by Crippen LogP contribution is -2.31. The maximum atomic E-state index is 12.1. The molecule has 0 aromatic heterocycles. The Morgan fingerprint density at radius 1 is 1.16 bits per heavy atom. The molecule has 2 aliphatic rings. The number of hydrogen-bond acceptors (Lipinski definition) is 2. The Hall–Kier alpha value is -1.51. The van der Waals surface area contributed by atoms with Crippen molar-refractivity contribution in [3.05, 3.63) is 29.8 Å². The van der Waals surface area contributed by atoms with Crippen LogP contribution in [-0.2, 0) is 0 Å². The molecule has 2 fully saturated rings. The molecule has 102 valence electrons. The van der Waals surface area contributed by atoms with E-state index in [0.717, 1.165) is 35.5 Å². The normalized spacial score (nSPS) is 18.4. The van der Waals surface area contributed by atoms with E-state index in [9.17, 15) is 4.79 Å². The Balaban J connectivity index is 1.54. The second-order valence-electron chi connectivity index (χ2n) is 5.88. The molecule has 2 saturated carbocycles. The average molecular weight is 258 g/mol. The van der Waals surface area contributed by atoms with Crippen LogP contribution in [0.5, 0.6) is 0 Å². The summed E-state index contributed by atoms with van der Waals surface area (Å²) in [7, 11) is 1.88. The minimum Gasteiger partial charge on any atom is -0.388 e. The van der Waals surface area contributed by atoms with Gasteiger partial charge in [-0.05, 0) is 67.7 Å². The van der Waals surface area contributed by atoms with Crippen LogP contribution in [0.3, 0.4) is 0 Å². The topological polar surface area (TPSA) is 41.1 Å². The van der Waals surface area contributed by atoms with Crippen molar-refractivity contribution in [1.29, 1.82) is 0 Å². The molecule has 0 bridgehead atoms. The molecule has 2 aliphatic carbocycles. The van der Waals surface area contributed by atoms with Crippen LogP contribution in [0.1, 0.15) is 36.0 Å². The lowest BCUT2D eigenvalue weighted by molar-refractivity contribution is 0.0943. The standard InChI is InChI=1S/C16H22N2O/c1-17-14-8-6-13(7-9-14)16(19)18-10-15(11-2-3-11)12-4-5-12/h6-9,11-12,15,17H,2-5,10H2,1H3,(H,18,19). The van der Waals surface area contributed by atoms with Gasteiger partial charge in [-0.2, -0.15) is 0 Å². The van der Waals surface area contributed by atoms with E-state index < -0.39 is 0 Å². The first kappa shape index (κ1) is 12.5. The molecule has 0 saturated heterocycles. The molecule has 3 rings (SSSR count). The first-order valence-electron chi connectivity index (χ1n) is 7.34. The predicted molar refractivity (Wildman–Crippen MR) is 77.3 cm³/mol. The molecule has 1 amide bonds. The van der Waals surface area contributed by atoms with Gasteiger partial charge in [0.15, 0.2) is 0 Å². The number of carbonyl (C=O) groups is 1. The zero-order valence-electron chi connectivity index (χ0n) is 11.5. The Morgan fingerprint density at radius 3 is 2.21 bits per heavy atom. The quantitative estimate of drug-likeness (QED) is 0.823. The van der Waals surface area contributed by atoms with Crippen LogP contribution in [0.2, 0.25) is 0 Å². The number of amides is 1. The third kappa shape index (κ3) is 3.09. The van der Waals surface area contributed by atoms with Gasteiger partial charge in [-0.25, -0.2) is 0 Å². The van der Waals surface area contributed by atoms with Crippen LogP contribution in [0, 0.1) is 17.8 Å². The molecule has 0 heterocycles. The number of hydrogen-bond donors (Lipinski definition) is 2. The van der Waals surface area contributed by atoms with Crippen LogP contribution in [-0.4, -0.2) is 19.5 Å². The van der Waals surface area contributed by atoms with Gasteiger partial charge in [-0.1, -0.05) is 0 Å². The van der Waals surface area contributed by atoms with Crippen LogP contribution in [0.25, 0.3) is 0 Å². The maximum absolute atomic E-state index is 12.1. The summed E-state index contributed by atoms with van der Waals surface area (Å²) in [5.41, 5.74) is 1.79. The molecular weight excluding hydrogens is 236 g/mol. The van der Waals surface area contributed by atoms with Gasteiger partial charge < -0.3 is 10.6 Å². The molecule has 3 nitrogen and oxygen atoms in total. The van der Waals surface area contributed by atoms with E-state index in [0.29, 0.717) is 0 Å². The Bertz CT molecular complexity index is 434. The monoisotopic (exact) mass is 258 g/mol. The minimum atomic E-state index is 0.0638. The smallest absolute Gasteiger partial charge is 0.251 e. The average Bonchev–Trinajstić information content (AvgIpc) is 3.31. The highest BCUT2D eigenvalue weighted by Gasteiger charge is 2.41. The highest BCUT2D eigenvalue weighted by atomic mass is 16.1.